The normalized spacial score (nSPS) is 11.1. The largest absolute Gasteiger partial charge is 0.309 e. The van der Waals surface area contributed by atoms with Gasteiger partial charge >= 0.3 is 0 Å². The van der Waals surface area contributed by atoms with E-state index >= 15 is 0 Å². The number of benzene rings is 1. The molecule has 0 fully saturated rings. The molecule has 1 amide bonds. The fraction of sp³-hybridized carbons (Fsp3) is 0.650. The Hall–Kier alpha value is -0.736. The summed E-state index contributed by atoms with van der Waals surface area (Å²) in [4.78, 5) is 14.5. The maximum Gasteiger partial charge on any atom is 0.232 e. The summed E-state index contributed by atoms with van der Waals surface area (Å²) >= 11 is 0. The molecular weight excluding hydrogens is 356 g/mol. The number of amides is 1. The molecule has 0 N–H and O–H groups in total. The molecule has 2 nitrogen and oxygen atoms in total. The molecule has 140 valence electrons. The van der Waals surface area contributed by atoms with E-state index in [0.29, 0.717) is 6.54 Å². The van der Waals surface area contributed by atoms with Crippen LogP contribution in [0.15, 0.2) is 18.2 Å². The maximum absolute atomic E-state index is 14.2. The standard InChI is InChI=1S/C20H31F2NO.Ti/c1-5-7-8-9-10-14-23(19(24)20(3,4)13-6-2)18-12-11-16(21)15-17(18)22;/h11-12,15H,5-10,13-14H2,1-4H3;. The summed E-state index contributed by atoms with van der Waals surface area (Å²) in [5, 5.41) is 0. The third kappa shape index (κ3) is 7.58. The van der Waals surface area contributed by atoms with Crippen molar-refractivity contribution in [2.24, 2.45) is 5.41 Å². The molecule has 1 aromatic rings. The number of carbonyl (C=O) groups is 1. The van der Waals surface area contributed by atoms with Gasteiger partial charge in [-0.15, -0.1) is 0 Å². The van der Waals surface area contributed by atoms with Crippen LogP contribution in [-0.2, 0) is 26.5 Å². The molecule has 0 unspecified atom stereocenters. The molecule has 0 heterocycles. The van der Waals surface area contributed by atoms with Crippen molar-refractivity contribution in [2.75, 3.05) is 11.4 Å². The van der Waals surface area contributed by atoms with Gasteiger partial charge in [0, 0.05) is 39.7 Å². The van der Waals surface area contributed by atoms with E-state index in [1.807, 2.05) is 20.8 Å². The van der Waals surface area contributed by atoms with E-state index in [2.05, 4.69) is 6.92 Å². The number of unbranched alkanes of at least 4 members (excludes halogenated alkanes) is 4. The van der Waals surface area contributed by atoms with Gasteiger partial charge in [-0.2, -0.15) is 0 Å². The van der Waals surface area contributed by atoms with Crippen LogP contribution in [0.1, 0.15) is 72.6 Å². The van der Waals surface area contributed by atoms with Crippen molar-refractivity contribution in [1.82, 2.24) is 0 Å². The second-order valence-electron chi connectivity index (χ2n) is 7.10. The predicted molar refractivity (Wildman–Crippen MR) is 96.2 cm³/mol. The molecular formula is C20H31F2NOTi. The number of nitrogens with zero attached hydrogens (tertiary/aromatic N) is 1. The summed E-state index contributed by atoms with van der Waals surface area (Å²) < 4.78 is 27.4. The first kappa shape index (κ1) is 24.3. The molecule has 0 aromatic heterocycles. The Morgan fingerprint density at radius 2 is 1.68 bits per heavy atom. The molecule has 0 saturated heterocycles. The van der Waals surface area contributed by atoms with Crippen LogP contribution in [0.2, 0.25) is 0 Å². The molecule has 25 heavy (non-hydrogen) atoms. The molecule has 1 rings (SSSR count). The first-order valence-electron chi connectivity index (χ1n) is 9.10. The van der Waals surface area contributed by atoms with E-state index in [0.717, 1.165) is 44.6 Å². The van der Waals surface area contributed by atoms with Crippen molar-refractivity contribution < 1.29 is 35.3 Å². The topological polar surface area (TPSA) is 20.3 Å². The fourth-order valence-electron chi connectivity index (χ4n) is 3.00. The maximum atomic E-state index is 14.2. The average Bonchev–Trinajstić information content (AvgIpc) is 2.51. The Morgan fingerprint density at radius 3 is 2.24 bits per heavy atom. The van der Waals surface area contributed by atoms with Crippen LogP contribution in [0.4, 0.5) is 14.5 Å². The van der Waals surface area contributed by atoms with E-state index in [1.54, 1.807) is 0 Å². The Bertz CT molecular complexity index is 534. The van der Waals surface area contributed by atoms with Gasteiger partial charge in [0.1, 0.15) is 11.6 Å². The van der Waals surface area contributed by atoms with Crippen molar-refractivity contribution >= 4 is 11.6 Å². The van der Waals surface area contributed by atoms with Gasteiger partial charge in [-0.05, 0) is 25.0 Å². The summed E-state index contributed by atoms with van der Waals surface area (Å²) in [5.41, 5.74) is -0.375. The number of carbonyl (C=O) groups excluding carboxylic acids is 1. The minimum absolute atomic E-state index is 0. The number of rotatable bonds is 10. The second-order valence-corrected chi connectivity index (χ2v) is 7.10. The molecule has 0 aliphatic rings. The van der Waals surface area contributed by atoms with Crippen molar-refractivity contribution in [3.05, 3.63) is 29.8 Å². The van der Waals surface area contributed by atoms with Crippen molar-refractivity contribution in [2.45, 2.75) is 72.6 Å². The van der Waals surface area contributed by atoms with Crippen LogP contribution < -0.4 is 4.90 Å². The van der Waals surface area contributed by atoms with E-state index in [4.69, 9.17) is 0 Å². The Balaban J connectivity index is 0.00000576. The minimum Gasteiger partial charge on any atom is -0.309 e. The molecule has 0 aliphatic carbocycles. The Morgan fingerprint density at radius 1 is 1.04 bits per heavy atom. The quantitative estimate of drug-likeness (QED) is 0.351. The van der Waals surface area contributed by atoms with Gasteiger partial charge in [-0.25, -0.2) is 8.78 Å². The van der Waals surface area contributed by atoms with Crippen LogP contribution in [0.5, 0.6) is 0 Å². The molecule has 0 aliphatic heterocycles. The SMILES string of the molecule is CCCCCCCN(C(=O)C(C)(C)CCC)c1ccc(F)cc1F.[Ti]. The number of anilines is 1. The van der Waals surface area contributed by atoms with Gasteiger partial charge < -0.3 is 4.90 Å². The molecule has 0 radical (unpaired) electrons. The molecule has 0 bridgehead atoms. The smallest absolute Gasteiger partial charge is 0.232 e. The molecule has 0 atom stereocenters. The summed E-state index contributed by atoms with van der Waals surface area (Å²) in [5.74, 6) is -1.39. The van der Waals surface area contributed by atoms with Gasteiger partial charge in [0.2, 0.25) is 5.91 Å². The van der Waals surface area contributed by atoms with Crippen molar-refractivity contribution in [3.63, 3.8) is 0 Å². The van der Waals surface area contributed by atoms with Crippen LogP contribution in [-0.4, -0.2) is 12.5 Å². The first-order chi connectivity index (χ1) is 11.3. The average molecular weight is 387 g/mol. The molecule has 0 saturated carbocycles. The van der Waals surface area contributed by atoms with Gasteiger partial charge in [0.15, 0.2) is 0 Å². The number of hydrogen-bond acceptors (Lipinski definition) is 1. The summed E-state index contributed by atoms with van der Waals surface area (Å²) in [6.07, 6.45) is 6.89. The van der Waals surface area contributed by atoms with E-state index < -0.39 is 17.0 Å². The van der Waals surface area contributed by atoms with Gasteiger partial charge in [0.05, 0.1) is 5.69 Å². The van der Waals surface area contributed by atoms with E-state index in [9.17, 15) is 13.6 Å². The van der Waals surface area contributed by atoms with Gasteiger partial charge in [-0.3, -0.25) is 4.79 Å². The minimum atomic E-state index is -0.677. The number of hydrogen-bond donors (Lipinski definition) is 0. The van der Waals surface area contributed by atoms with Crippen molar-refractivity contribution in [3.8, 4) is 0 Å². The number of halogens is 2. The van der Waals surface area contributed by atoms with Crippen LogP contribution in [0.3, 0.4) is 0 Å². The van der Waals surface area contributed by atoms with Crippen LogP contribution in [0.25, 0.3) is 0 Å². The summed E-state index contributed by atoms with van der Waals surface area (Å²) in [6, 6.07) is 3.43. The predicted octanol–water partition coefficient (Wildman–Crippen LogP) is 6.09. The van der Waals surface area contributed by atoms with Gasteiger partial charge in [-0.1, -0.05) is 59.8 Å². The molecule has 0 spiro atoms. The van der Waals surface area contributed by atoms with Gasteiger partial charge in [0.25, 0.3) is 0 Å². The van der Waals surface area contributed by atoms with E-state index in [1.165, 1.54) is 23.5 Å². The summed E-state index contributed by atoms with van der Waals surface area (Å²) in [7, 11) is 0. The van der Waals surface area contributed by atoms with Crippen LogP contribution >= 0.6 is 0 Å². The zero-order chi connectivity index (χ0) is 18.2. The zero-order valence-electron chi connectivity index (χ0n) is 16.0. The van der Waals surface area contributed by atoms with Crippen LogP contribution in [0, 0.1) is 17.0 Å². The Labute approximate surface area is 166 Å². The first-order valence-corrected chi connectivity index (χ1v) is 9.10. The monoisotopic (exact) mass is 387 g/mol. The third-order valence-electron chi connectivity index (χ3n) is 4.38. The molecule has 1 aromatic carbocycles. The zero-order valence-corrected chi connectivity index (χ0v) is 17.6. The van der Waals surface area contributed by atoms with Crippen molar-refractivity contribution in [1.29, 1.82) is 0 Å². The fourth-order valence-corrected chi connectivity index (χ4v) is 3.00. The Kier molecular flexibility index (Phi) is 11.5. The molecule has 5 heteroatoms. The second kappa shape index (κ2) is 11.8. The third-order valence-corrected chi connectivity index (χ3v) is 4.38. The van der Waals surface area contributed by atoms with E-state index in [-0.39, 0.29) is 33.3 Å². The summed E-state index contributed by atoms with van der Waals surface area (Å²) in [6.45, 7) is 8.44.